The molecule has 104 valence electrons. The highest BCUT2D eigenvalue weighted by molar-refractivity contribution is 5.16. The van der Waals surface area contributed by atoms with Gasteiger partial charge in [-0.25, -0.2) is 0 Å². The van der Waals surface area contributed by atoms with E-state index < -0.39 is 0 Å². The first-order valence-corrected chi connectivity index (χ1v) is 7.55. The third-order valence-electron chi connectivity index (χ3n) is 4.56. The molecule has 0 radical (unpaired) electrons. The van der Waals surface area contributed by atoms with Crippen molar-refractivity contribution in [3.8, 4) is 0 Å². The van der Waals surface area contributed by atoms with E-state index in [9.17, 15) is 0 Å². The smallest absolute Gasteiger partial charge is 0.0351 e. The maximum Gasteiger partial charge on any atom is 0.0351 e. The van der Waals surface area contributed by atoms with Crippen molar-refractivity contribution in [3.63, 3.8) is 0 Å². The number of hydrogen-bond acceptors (Lipinski definition) is 3. The average molecular weight is 259 g/mol. The molecule has 1 N–H and O–H groups in total. The van der Waals surface area contributed by atoms with Gasteiger partial charge in [0.15, 0.2) is 0 Å². The highest BCUT2D eigenvalue weighted by atomic mass is 15.3. The lowest BCUT2D eigenvalue weighted by atomic mass is 9.99. The molecule has 1 unspecified atom stereocenters. The van der Waals surface area contributed by atoms with E-state index in [1.165, 1.54) is 38.2 Å². The molecule has 0 bridgehead atoms. The molecule has 19 heavy (non-hydrogen) atoms. The van der Waals surface area contributed by atoms with Crippen LogP contribution in [0.4, 0.5) is 0 Å². The van der Waals surface area contributed by atoms with Gasteiger partial charge >= 0.3 is 0 Å². The van der Waals surface area contributed by atoms with E-state index in [0.717, 1.165) is 19.1 Å². The Morgan fingerprint density at radius 3 is 2.53 bits per heavy atom. The predicted octanol–water partition coefficient (Wildman–Crippen LogP) is 1.21. The Balaban J connectivity index is 1.45. The molecule has 2 fully saturated rings. The molecule has 0 aliphatic carbocycles. The molecule has 3 rings (SSSR count). The van der Waals surface area contributed by atoms with E-state index in [-0.39, 0.29) is 0 Å². The number of piperazine rings is 1. The van der Waals surface area contributed by atoms with Gasteiger partial charge in [0, 0.05) is 51.4 Å². The zero-order valence-corrected chi connectivity index (χ0v) is 11.9. The number of nitrogens with zero attached hydrogens (tertiary/aromatic N) is 2. The molecular weight excluding hydrogens is 234 g/mol. The van der Waals surface area contributed by atoms with Gasteiger partial charge in [-0.2, -0.15) is 0 Å². The third-order valence-corrected chi connectivity index (χ3v) is 4.56. The molecule has 0 aromatic heterocycles. The maximum atomic E-state index is 3.43. The summed E-state index contributed by atoms with van der Waals surface area (Å²) in [6.45, 7) is 9.66. The van der Waals surface area contributed by atoms with Gasteiger partial charge in [-0.1, -0.05) is 30.3 Å². The molecule has 0 spiro atoms. The Morgan fingerprint density at radius 2 is 1.84 bits per heavy atom. The van der Waals surface area contributed by atoms with Crippen molar-refractivity contribution in [1.29, 1.82) is 0 Å². The van der Waals surface area contributed by atoms with Crippen LogP contribution in [0, 0.1) is 0 Å². The van der Waals surface area contributed by atoms with Crippen LogP contribution in [-0.2, 0) is 6.42 Å². The molecule has 3 nitrogen and oxygen atoms in total. The van der Waals surface area contributed by atoms with Crippen LogP contribution in [0.1, 0.15) is 12.5 Å². The van der Waals surface area contributed by atoms with Gasteiger partial charge in [0.25, 0.3) is 0 Å². The first-order valence-electron chi connectivity index (χ1n) is 7.55. The Bertz CT molecular complexity index is 380. The number of benzene rings is 1. The van der Waals surface area contributed by atoms with E-state index in [4.69, 9.17) is 0 Å². The summed E-state index contributed by atoms with van der Waals surface area (Å²) >= 11 is 0. The van der Waals surface area contributed by atoms with Crippen LogP contribution in [0.5, 0.6) is 0 Å². The number of nitrogens with one attached hydrogen (secondary N) is 1. The Hall–Kier alpha value is -0.900. The fraction of sp³-hybridized carbons (Fsp3) is 0.625. The van der Waals surface area contributed by atoms with E-state index in [2.05, 4.69) is 52.4 Å². The number of rotatable bonds is 4. The summed E-state index contributed by atoms with van der Waals surface area (Å²) in [5, 5.41) is 3.43. The second kappa shape index (κ2) is 6.04. The largest absolute Gasteiger partial charge is 0.314 e. The van der Waals surface area contributed by atoms with Crippen molar-refractivity contribution in [2.75, 3.05) is 39.3 Å². The topological polar surface area (TPSA) is 18.5 Å². The SMILES string of the molecule is CC(Cc1ccccc1)N1CC(N2CCNCC2)C1. The van der Waals surface area contributed by atoms with Crippen molar-refractivity contribution in [2.24, 2.45) is 0 Å². The van der Waals surface area contributed by atoms with Crippen molar-refractivity contribution in [3.05, 3.63) is 35.9 Å². The molecule has 2 aliphatic heterocycles. The Morgan fingerprint density at radius 1 is 1.16 bits per heavy atom. The summed E-state index contributed by atoms with van der Waals surface area (Å²) < 4.78 is 0. The molecule has 2 saturated heterocycles. The van der Waals surface area contributed by atoms with Crippen LogP contribution in [0.25, 0.3) is 0 Å². The lowest BCUT2D eigenvalue weighted by molar-refractivity contribution is 0.00427. The first-order chi connectivity index (χ1) is 9.33. The minimum absolute atomic E-state index is 0.668. The molecule has 1 aromatic carbocycles. The summed E-state index contributed by atoms with van der Waals surface area (Å²) in [6.07, 6.45) is 1.18. The Kier molecular flexibility index (Phi) is 4.16. The highest BCUT2D eigenvalue weighted by Crippen LogP contribution is 2.20. The second-order valence-electron chi connectivity index (χ2n) is 5.93. The third kappa shape index (κ3) is 3.16. The summed E-state index contributed by atoms with van der Waals surface area (Å²) in [5.41, 5.74) is 1.46. The van der Waals surface area contributed by atoms with E-state index in [0.29, 0.717) is 6.04 Å². The minimum atomic E-state index is 0.668. The average Bonchev–Trinajstić information content (AvgIpc) is 2.39. The second-order valence-corrected chi connectivity index (χ2v) is 5.93. The fourth-order valence-corrected chi connectivity index (χ4v) is 3.21. The van der Waals surface area contributed by atoms with Gasteiger partial charge < -0.3 is 5.32 Å². The zero-order valence-electron chi connectivity index (χ0n) is 11.9. The summed E-state index contributed by atoms with van der Waals surface area (Å²) in [6, 6.07) is 12.3. The quantitative estimate of drug-likeness (QED) is 0.877. The van der Waals surface area contributed by atoms with Crippen LogP contribution in [-0.4, -0.2) is 61.2 Å². The van der Waals surface area contributed by atoms with Gasteiger partial charge in [-0.3, -0.25) is 9.80 Å². The summed E-state index contributed by atoms with van der Waals surface area (Å²) in [5.74, 6) is 0. The van der Waals surface area contributed by atoms with Gasteiger partial charge in [0.05, 0.1) is 0 Å². The lowest BCUT2D eigenvalue weighted by Gasteiger charge is -2.49. The van der Waals surface area contributed by atoms with E-state index >= 15 is 0 Å². The van der Waals surface area contributed by atoms with Crippen molar-refractivity contribution in [1.82, 2.24) is 15.1 Å². The molecule has 2 heterocycles. The van der Waals surface area contributed by atoms with Gasteiger partial charge in [0.2, 0.25) is 0 Å². The molecule has 0 amide bonds. The standard InChI is InChI=1S/C16H25N3/c1-14(11-15-5-3-2-4-6-15)19-12-16(13-19)18-9-7-17-8-10-18/h2-6,14,16-17H,7-13H2,1H3. The Labute approximate surface area is 116 Å². The highest BCUT2D eigenvalue weighted by Gasteiger charge is 2.34. The molecule has 2 aliphatic rings. The number of hydrogen-bond donors (Lipinski definition) is 1. The molecular formula is C16H25N3. The summed E-state index contributed by atoms with van der Waals surface area (Å²) in [7, 11) is 0. The summed E-state index contributed by atoms with van der Waals surface area (Å²) in [4.78, 5) is 5.28. The molecule has 1 atom stereocenters. The van der Waals surface area contributed by atoms with Gasteiger partial charge in [0.1, 0.15) is 0 Å². The monoisotopic (exact) mass is 259 g/mol. The van der Waals surface area contributed by atoms with Crippen LogP contribution < -0.4 is 5.32 Å². The van der Waals surface area contributed by atoms with Crippen LogP contribution in [0.15, 0.2) is 30.3 Å². The van der Waals surface area contributed by atoms with E-state index in [1.807, 2.05) is 0 Å². The van der Waals surface area contributed by atoms with Crippen LogP contribution in [0.2, 0.25) is 0 Å². The maximum absolute atomic E-state index is 3.43. The van der Waals surface area contributed by atoms with Gasteiger partial charge in [-0.15, -0.1) is 0 Å². The minimum Gasteiger partial charge on any atom is -0.314 e. The van der Waals surface area contributed by atoms with Gasteiger partial charge in [-0.05, 0) is 18.9 Å². The molecule has 1 aromatic rings. The van der Waals surface area contributed by atoms with E-state index in [1.54, 1.807) is 0 Å². The number of likely N-dealkylation sites (tertiary alicyclic amines) is 1. The fourth-order valence-electron chi connectivity index (χ4n) is 3.21. The predicted molar refractivity (Wildman–Crippen MR) is 79.4 cm³/mol. The van der Waals surface area contributed by atoms with Crippen LogP contribution >= 0.6 is 0 Å². The van der Waals surface area contributed by atoms with Crippen LogP contribution in [0.3, 0.4) is 0 Å². The lowest BCUT2D eigenvalue weighted by Crippen LogP contribution is -2.64. The normalized spacial score (nSPS) is 24.1. The van der Waals surface area contributed by atoms with Crippen molar-refractivity contribution < 1.29 is 0 Å². The molecule has 0 saturated carbocycles. The molecule has 3 heteroatoms. The van der Waals surface area contributed by atoms with Crippen molar-refractivity contribution >= 4 is 0 Å². The first kappa shape index (κ1) is 13.1. The van der Waals surface area contributed by atoms with Crippen molar-refractivity contribution in [2.45, 2.75) is 25.4 Å². The zero-order chi connectivity index (χ0) is 13.1.